The number of rotatable bonds is 3. The number of esters is 1. The van der Waals surface area contributed by atoms with Crippen LogP contribution in [-0.4, -0.2) is 15.7 Å². The van der Waals surface area contributed by atoms with E-state index in [9.17, 15) is 19.3 Å². The minimum absolute atomic E-state index is 0.0957. The van der Waals surface area contributed by atoms with Gasteiger partial charge < -0.3 is 4.74 Å². The third-order valence-corrected chi connectivity index (χ3v) is 4.51. The van der Waals surface area contributed by atoms with Gasteiger partial charge in [0.1, 0.15) is 11.9 Å². The molecule has 0 aliphatic heterocycles. The van der Waals surface area contributed by atoms with E-state index in [4.69, 9.17) is 4.74 Å². The van der Waals surface area contributed by atoms with Gasteiger partial charge in [0.25, 0.3) is 5.69 Å². The van der Waals surface area contributed by atoms with Crippen molar-refractivity contribution in [1.29, 1.82) is 0 Å². The van der Waals surface area contributed by atoms with Crippen molar-refractivity contribution in [2.45, 2.75) is 17.4 Å². The predicted molar refractivity (Wildman–Crippen MR) is 84.1 cm³/mol. The Morgan fingerprint density at radius 2 is 1.96 bits per heavy atom. The molecule has 5 nitrogen and oxygen atoms in total. The number of fused-ring (bicyclic) bond motifs is 1. The van der Waals surface area contributed by atoms with E-state index < -0.39 is 17.0 Å². The number of nitro groups is 1. The molecule has 1 aliphatic rings. The van der Waals surface area contributed by atoms with E-state index in [0.29, 0.717) is 6.42 Å². The molecule has 1 aliphatic carbocycles. The van der Waals surface area contributed by atoms with Crippen LogP contribution in [0.5, 0.6) is 0 Å². The lowest BCUT2D eigenvalue weighted by Gasteiger charge is -2.16. The number of carbonyl (C=O) groups excluding carboxylic acids is 1. The number of nitrogens with zero attached hydrogens (tertiary/aromatic N) is 1. The highest BCUT2D eigenvalue weighted by molar-refractivity contribution is 9.09. The van der Waals surface area contributed by atoms with Crippen molar-refractivity contribution in [1.82, 2.24) is 0 Å². The fraction of sp³-hybridized carbons (Fsp3) is 0.188. The zero-order chi connectivity index (χ0) is 16.6. The predicted octanol–water partition coefficient (Wildman–Crippen LogP) is 3.95. The average molecular weight is 380 g/mol. The molecule has 2 aromatic rings. The molecule has 7 heteroatoms. The number of ether oxygens (including phenoxy) is 1. The van der Waals surface area contributed by atoms with Gasteiger partial charge in [-0.15, -0.1) is 0 Å². The van der Waals surface area contributed by atoms with E-state index in [1.54, 1.807) is 6.07 Å². The van der Waals surface area contributed by atoms with E-state index >= 15 is 0 Å². The van der Waals surface area contributed by atoms with Crippen molar-refractivity contribution in [2.75, 3.05) is 0 Å². The molecule has 0 spiro atoms. The van der Waals surface area contributed by atoms with Gasteiger partial charge >= 0.3 is 5.97 Å². The lowest BCUT2D eigenvalue weighted by molar-refractivity contribution is -0.384. The zero-order valence-electron chi connectivity index (χ0n) is 11.7. The number of benzene rings is 2. The normalized spacial score (nSPS) is 19.2. The summed E-state index contributed by atoms with van der Waals surface area (Å²) in [5.74, 6) is -0.905. The molecule has 118 valence electrons. The first-order chi connectivity index (χ1) is 11.0. The number of carbonyl (C=O) groups is 1. The second-order valence-corrected chi connectivity index (χ2v) is 6.37. The van der Waals surface area contributed by atoms with Gasteiger partial charge in [0.15, 0.2) is 0 Å². The SMILES string of the molecule is O=C(OC1c2ccc(F)cc2CC1Br)c1ccc([N+](=O)[O-])cc1. The van der Waals surface area contributed by atoms with Gasteiger partial charge in [-0.05, 0) is 41.8 Å². The Morgan fingerprint density at radius 3 is 2.61 bits per heavy atom. The van der Waals surface area contributed by atoms with E-state index in [2.05, 4.69) is 15.9 Å². The number of nitro benzene ring substituents is 1. The molecule has 0 N–H and O–H groups in total. The van der Waals surface area contributed by atoms with Crippen molar-refractivity contribution in [2.24, 2.45) is 0 Å². The molecule has 2 aromatic carbocycles. The highest BCUT2D eigenvalue weighted by Gasteiger charge is 2.34. The Labute approximate surface area is 139 Å². The van der Waals surface area contributed by atoms with E-state index in [1.165, 1.54) is 36.4 Å². The number of hydrogen-bond donors (Lipinski definition) is 0. The topological polar surface area (TPSA) is 69.4 Å². The molecule has 23 heavy (non-hydrogen) atoms. The van der Waals surface area contributed by atoms with Crippen LogP contribution < -0.4 is 0 Å². The van der Waals surface area contributed by atoms with Crippen LogP contribution in [0, 0.1) is 15.9 Å². The molecule has 2 unspecified atom stereocenters. The van der Waals surface area contributed by atoms with Gasteiger partial charge in [0, 0.05) is 12.1 Å². The Balaban J connectivity index is 1.79. The molecule has 2 atom stereocenters. The van der Waals surface area contributed by atoms with Crippen molar-refractivity contribution in [3.05, 3.63) is 75.1 Å². The number of halogens is 2. The maximum absolute atomic E-state index is 13.3. The van der Waals surface area contributed by atoms with Crippen molar-refractivity contribution >= 4 is 27.6 Å². The zero-order valence-corrected chi connectivity index (χ0v) is 13.3. The molecule has 0 saturated carbocycles. The first-order valence-corrected chi connectivity index (χ1v) is 7.75. The summed E-state index contributed by atoms with van der Waals surface area (Å²) in [5.41, 5.74) is 1.70. The summed E-state index contributed by atoms with van der Waals surface area (Å²) in [6, 6.07) is 9.58. The van der Waals surface area contributed by atoms with Crippen molar-refractivity contribution < 1.29 is 18.8 Å². The Hall–Kier alpha value is -2.28. The lowest BCUT2D eigenvalue weighted by atomic mass is 10.1. The summed E-state index contributed by atoms with van der Waals surface area (Å²) >= 11 is 3.45. The molecule has 0 heterocycles. The minimum Gasteiger partial charge on any atom is -0.453 e. The van der Waals surface area contributed by atoms with Gasteiger partial charge in [-0.3, -0.25) is 10.1 Å². The largest absolute Gasteiger partial charge is 0.453 e. The molecule has 0 amide bonds. The van der Waals surface area contributed by atoms with Crippen LogP contribution in [0.3, 0.4) is 0 Å². The van der Waals surface area contributed by atoms with Crippen LogP contribution in [0.4, 0.5) is 10.1 Å². The van der Waals surface area contributed by atoms with Crippen LogP contribution in [0.15, 0.2) is 42.5 Å². The Bertz CT molecular complexity index is 778. The second kappa shape index (κ2) is 6.08. The summed E-state index contributed by atoms with van der Waals surface area (Å²) in [5, 5.41) is 10.6. The highest BCUT2D eigenvalue weighted by atomic mass is 79.9. The summed E-state index contributed by atoms with van der Waals surface area (Å²) in [7, 11) is 0. The monoisotopic (exact) mass is 379 g/mol. The first-order valence-electron chi connectivity index (χ1n) is 6.83. The molecule has 0 saturated heterocycles. The van der Waals surface area contributed by atoms with E-state index in [0.717, 1.165) is 11.1 Å². The average Bonchev–Trinajstić information content (AvgIpc) is 2.82. The van der Waals surface area contributed by atoms with Crippen LogP contribution in [0.1, 0.15) is 27.6 Å². The maximum atomic E-state index is 13.3. The van der Waals surface area contributed by atoms with Crippen molar-refractivity contribution in [3.63, 3.8) is 0 Å². The van der Waals surface area contributed by atoms with E-state index in [1.807, 2.05) is 0 Å². The Kier molecular flexibility index (Phi) is 4.12. The molecule has 0 fully saturated rings. The second-order valence-electron chi connectivity index (χ2n) is 5.19. The number of alkyl halides is 1. The van der Waals surface area contributed by atoms with Gasteiger partial charge in [-0.1, -0.05) is 22.0 Å². The fourth-order valence-electron chi connectivity index (χ4n) is 2.58. The first kappa shape index (κ1) is 15.6. The van der Waals surface area contributed by atoms with Gasteiger partial charge in [0.2, 0.25) is 0 Å². The smallest absolute Gasteiger partial charge is 0.338 e. The molecular formula is C16H11BrFNO4. The molecule has 0 radical (unpaired) electrons. The van der Waals surface area contributed by atoms with Crippen molar-refractivity contribution in [3.8, 4) is 0 Å². The quantitative estimate of drug-likeness (QED) is 0.350. The van der Waals surface area contributed by atoms with Crippen LogP contribution in [-0.2, 0) is 11.2 Å². The Morgan fingerprint density at radius 1 is 1.26 bits per heavy atom. The molecule has 3 rings (SSSR count). The maximum Gasteiger partial charge on any atom is 0.338 e. The number of non-ortho nitro benzene ring substituents is 1. The fourth-order valence-corrected chi connectivity index (χ4v) is 3.32. The van der Waals surface area contributed by atoms with Gasteiger partial charge in [0.05, 0.1) is 15.3 Å². The van der Waals surface area contributed by atoms with Crippen LogP contribution in [0.2, 0.25) is 0 Å². The lowest BCUT2D eigenvalue weighted by Crippen LogP contribution is -2.16. The molecule has 0 bridgehead atoms. The van der Waals surface area contributed by atoms with Crippen LogP contribution in [0.25, 0.3) is 0 Å². The van der Waals surface area contributed by atoms with Gasteiger partial charge in [-0.25, -0.2) is 9.18 Å². The summed E-state index contributed by atoms with van der Waals surface area (Å²) < 4.78 is 18.8. The third-order valence-electron chi connectivity index (χ3n) is 3.70. The van der Waals surface area contributed by atoms with Crippen LogP contribution >= 0.6 is 15.9 Å². The molecular weight excluding hydrogens is 369 g/mol. The number of hydrogen-bond acceptors (Lipinski definition) is 4. The van der Waals surface area contributed by atoms with Gasteiger partial charge in [-0.2, -0.15) is 0 Å². The molecule has 0 aromatic heterocycles. The summed E-state index contributed by atoms with van der Waals surface area (Å²) in [6.07, 6.45) is 0.0407. The third kappa shape index (κ3) is 3.10. The summed E-state index contributed by atoms with van der Waals surface area (Å²) in [4.78, 5) is 22.2. The minimum atomic E-state index is -0.577. The highest BCUT2D eigenvalue weighted by Crippen LogP contribution is 2.39. The summed E-state index contributed by atoms with van der Waals surface area (Å²) in [6.45, 7) is 0. The van der Waals surface area contributed by atoms with E-state index in [-0.39, 0.29) is 21.9 Å². The standard InChI is InChI=1S/C16H11BrFNO4/c17-14-8-10-7-11(18)3-6-13(10)15(14)23-16(20)9-1-4-12(5-2-9)19(21)22/h1-7,14-15H,8H2.